The number of urea groups is 1. The molecule has 35 heavy (non-hydrogen) atoms. The molecule has 0 aliphatic carbocycles. The first kappa shape index (κ1) is 20.9. The van der Waals surface area contributed by atoms with Crippen molar-refractivity contribution in [2.45, 2.75) is 13.0 Å². The SMILES string of the molecule is CC1=NC(=O)NC(c2ccc(-c3ccc4c(c3)OCO4)cc2)C1C(=O)Nc1ccc2[nH]ncc2c1. The van der Waals surface area contributed by atoms with Gasteiger partial charge in [-0.25, -0.2) is 9.79 Å². The van der Waals surface area contributed by atoms with Crippen LogP contribution in [-0.2, 0) is 4.79 Å². The van der Waals surface area contributed by atoms with Gasteiger partial charge in [-0.15, -0.1) is 0 Å². The molecule has 0 saturated carbocycles. The average molecular weight is 467 g/mol. The highest BCUT2D eigenvalue weighted by Crippen LogP contribution is 2.36. The molecule has 174 valence electrons. The lowest BCUT2D eigenvalue weighted by Gasteiger charge is -2.30. The molecule has 3 N–H and O–H groups in total. The van der Waals surface area contributed by atoms with Crippen LogP contribution in [0.25, 0.3) is 22.0 Å². The van der Waals surface area contributed by atoms with Crippen LogP contribution in [-0.4, -0.2) is 34.6 Å². The largest absolute Gasteiger partial charge is 0.454 e. The Hall–Kier alpha value is -4.66. The molecule has 2 unspecified atom stereocenters. The van der Waals surface area contributed by atoms with Gasteiger partial charge in [0.05, 0.1) is 17.8 Å². The topological polar surface area (TPSA) is 118 Å². The van der Waals surface area contributed by atoms with E-state index < -0.39 is 18.0 Å². The van der Waals surface area contributed by atoms with Crippen molar-refractivity contribution in [2.75, 3.05) is 12.1 Å². The average Bonchev–Trinajstić information content (AvgIpc) is 3.52. The van der Waals surface area contributed by atoms with E-state index in [0.29, 0.717) is 17.1 Å². The Morgan fingerprint density at radius 1 is 1.00 bits per heavy atom. The van der Waals surface area contributed by atoms with Crippen LogP contribution in [0.5, 0.6) is 11.5 Å². The summed E-state index contributed by atoms with van der Waals surface area (Å²) in [4.78, 5) is 29.6. The van der Waals surface area contributed by atoms with E-state index in [1.807, 2.05) is 60.7 Å². The number of rotatable bonds is 4. The van der Waals surface area contributed by atoms with Crippen molar-refractivity contribution in [1.29, 1.82) is 0 Å². The van der Waals surface area contributed by atoms with E-state index in [1.165, 1.54) is 0 Å². The maximum absolute atomic E-state index is 13.3. The predicted octanol–water partition coefficient (Wildman–Crippen LogP) is 4.44. The lowest BCUT2D eigenvalue weighted by molar-refractivity contribution is -0.118. The lowest BCUT2D eigenvalue weighted by Crippen LogP contribution is -2.45. The Labute approximate surface area is 200 Å². The third-order valence-corrected chi connectivity index (χ3v) is 6.31. The molecule has 2 atom stereocenters. The van der Waals surface area contributed by atoms with Gasteiger partial charge in [-0.3, -0.25) is 9.89 Å². The molecule has 0 radical (unpaired) electrons. The van der Waals surface area contributed by atoms with Gasteiger partial charge in [0.1, 0.15) is 5.92 Å². The Balaban J connectivity index is 1.27. The van der Waals surface area contributed by atoms with E-state index in [-0.39, 0.29) is 12.7 Å². The zero-order valence-electron chi connectivity index (χ0n) is 18.7. The molecule has 2 aliphatic rings. The van der Waals surface area contributed by atoms with Gasteiger partial charge in [0.25, 0.3) is 0 Å². The number of benzene rings is 3. The van der Waals surface area contributed by atoms with E-state index in [0.717, 1.165) is 33.3 Å². The van der Waals surface area contributed by atoms with Gasteiger partial charge in [0.2, 0.25) is 12.7 Å². The van der Waals surface area contributed by atoms with E-state index in [1.54, 1.807) is 13.1 Å². The van der Waals surface area contributed by atoms with Crippen LogP contribution >= 0.6 is 0 Å². The Morgan fingerprint density at radius 2 is 1.80 bits per heavy atom. The Bertz CT molecular complexity index is 1490. The van der Waals surface area contributed by atoms with Crippen molar-refractivity contribution in [3.8, 4) is 22.6 Å². The van der Waals surface area contributed by atoms with Crippen LogP contribution in [0.15, 0.2) is 71.9 Å². The predicted molar refractivity (Wildman–Crippen MR) is 131 cm³/mol. The molecule has 3 aromatic carbocycles. The number of H-pyrrole nitrogens is 1. The zero-order valence-corrected chi connectivity index (χ0v) is 18.7. The molecule has 1 aromatic heterocycles. The fourth-order valence-electron chi connectivity index (χ4n) is 4.54. The smallest absolute Gasteiger partial charge is 0.341 e. The summed E-state index contributed by atoms with van der Waals surface area (Å²) < 4.78 is 10.9. The van der Waals surface area contributed by atoms with Gasteiger partial charge < -0.3 is 20.1 Å². The number of ether oxygens (including phenoxy) is 2. The van der Waals surface area contributed by atoms with Crippen LogP contribution < -0.4 is 20.1 Å². The van der Waals surface area contributed by atoms with Gasteiger partial charge in [-0.2, -0.15) is 5.10 Å². The number of fused-ring (bicyclic) bond motifs is 2. The first-order chi connectivity index (χ1) is 17.0. The number of nitrogens with zero attached hydrogens (tertiary/aromatic N) is 2. The lowest BCUT2D eigenvalue weighted by atomic mass is 9.86. The summed E-state index contributed by atoms with van der Waals surface area (Å²) in [5.41, 5.74) is 4.75. The van der Waals surface area contributed by atoms with Gasteiger partial charge >= 0.3 is 6.03 Å². The van der Waals surface area contributed by atoms with Crippen molar-refractivity contribution in [3.63, 3.8) is 0 Å². The molecule has 3 amide bonds. The summed E-state index contributed by atoms with van der Waals surface area (Å²) in [6.45, 7) is 1.93. The van der Waals surface area contributed by atoms with E-state index >= 15 is 0 Å². The molecule has 0 saturated heterocycles. The molecule has 4 aromatic rings. The summed E-state index contributed by atoms with van der Waals surface area (Å²) >= 11 is 0. The number of aliphatic imine (C=N–C) groups is 1. The van der Waals surface area contributed by atoms with Crippen LogP contribution in [0, 0.1) is 5.92 Å². The van der Waals surface area contributed by atoms with Crippen molar-refractivity contribution < 1.29 is 19.1 Å². The van der Waals surface area contributed by atoms with Gasteiger partial charge in [0.15, 0.2) is 11.5 Å². The second-order valence-corrected chi connectivity index (χ2v) is 8.51. The molecule has 9 nitrogen and oxygen atoms in total. The number of anilines is 1. The summed E-state index contributed by atoms with van der Waals surface area (Å²) in [7, 11) is 0. The summed E-state index contributed by atoms with van der Waals surface area (Å²) in [6.07, 6.45) is 1.70. The Kier molecular flexibility index (Phi) is 4.95. The van der Waals surface area contributed by atoms with Gasteiger partial charge in [0, 0.05) is 16.8 Å². The van der Waals surface area contributed by atoms with Crippen molar-refractivity contribution >= 4 is 34.2 Å². The first-order valence-electron chi connectivity index (χ1n) is 11.1. The fourth-order valence-corrected chi connectivity index (χ4v) is 4.54. The number of nitrogens with one attached hydrogen (secondary N) is 3. The molecule has 2 aliphatic heterocycles. The number of carbonyl (C=O) groups is 2. The summed E-state index contributed by atoms with van der Waals surface area (Å²) in [5, 5.41) is 13.6. The number of amides is 3. The highest BCUT2D eigenvalue weighted by molar-refractivity contribution is 6.13. The minimum Gasteiger partial charge on any atom is -0.454 e. The van der Waals surface area contributed by atoms with Crippen molar-refractivity contribution in [1.82, 2.24) is 15.5 Å². The third kappa shape index (κ3) is 3.86. The highest BCUT2D eigenvalue weighted by Gasteiger charge is 2.37. The highest BCUT2D eigenvalue weighted by atomic mass is 16.7. The maximum Gasteiger partial charge on any atom is 0.341 e. The summed E-state index contributed by atoms with van der Waals surface area (Å²) in [6, 6.07) is 18.0. The van der Waals surface area contributed by atoms with Crippen LogP contribution in [0.2, 0.25) is 0 Å². The zero-order chi connectivity index (χ0) is 23.9. The molecular formula is C26H21N5O4. The first-order valence-corrected chi connectivity index (χ1v) is 11.1. The number of hydrogen-bond donors (Lipinski definition) is 3. The fraction of sp³-hybridized carbons (Fsp3) is 0.154. The molecule has 0 bridgehead atoms. The van der Waals surface area contributed by atoms with E-state index in [4.69, 9.17) is 9.47 Å². The molecule has 0 fully saturated rings. The van der Waals surface area contributed by atoms with Gasteiger partial charge in [-0.1, -0.05) is 30.3 Å². The maximum atomic E-state index is 13.3. The molecule has 0 spiro atoms. The number of carbonyl (C=O) groups excluding carboxylic acids is 2. The van der Waals surface area contributed by atoms with Crippen LogP contribution in [0.4, 0.5) is 10.5 Å². The van der Waals surface area contributed by atoms with Crippen LogP contribution in [0.1, 0.15) is 18.5 Å². The standard InChI is InChI=1S/C26H21N5O4/c1-14-23(25(32)29-19-7-8-20-18(10-19)12-27-31-20)24(30-26(33)28-14)16-4-2-15(3-5-16)17-6-9-21-22(11-17)35-13-34-21/h2-12,23-24H,13H2,1H3,(H,27,31)(H,29,32)(H,30,33). The monoisotopic (exact) mass is 467 g/mol. The second-order valence-electron chi connectivity index (χ2n) is 8.51. The molecule has 6 rings (SSSR count). The van der Waals surface area contributed by atoms with E-state index in [9.17, 15) is 9.59 Å². The molecule has 9 heteroatoms. The molecular weight excluding hydrogens is 446 g/mol. The third-order valence-electron chi connectivity index (χ3n) is 6.31. The number of hydrogen-bond acceptors (Lipinski definition) is 5. The normalized spacial score (nSPS) is 18.8. The minimum absolute atomic E-state index is 0.222. The number of aromatic nitrogens is 2. The number of aromatic amines is 1. The van der Waals surface area contributed by atoms with Crippen molar-refractivity contribution in [2.24, 2.45) is 10.9 Å². The van der Waals surface area contributed by atoms with Gasteiger partial charge in [-0.05, 0) is 53.9 Å². The quantitative estimate of drug-likeness (QED) is 0.410. The molecule has 3 heterocycles. The second kappa shape index (κ2) is 8.28. The van der Waals surface area contributed by atoms with E-state index in [2.05, 4.69) is 25.8 Å². The Morgan fingerprint density at radius 3 is 2.66 bits per heavy atom. The van der Waals surface area contributed by atoms with Crippen LogP contribution in [0.3, 0.4) is 0 Å². The van der Waals surface area contributed by atoms with Crippen molar-refractivity contribution in [3.05, 3.63) is 72.4 Å². The summed E-state index contributed by atoms with van der Waals surface area (Å²) in [5.74, 6) is 0.525. The minimum atomic E-state index is -0.663.